The summed E-state index contributed by atoms with van der Waals surface area (Å²) in [6, 6.07) is 6.67. The van der Waals surface area contributed by atoms with E-state index in [9.17, 15) is 18.0 Å². The molecule has 3 nitrogen and oxygen atoms in total. The molecule has 0 aliphatic carbocycles. The van der Waals surface area contributed by atoms with E-state index in [0.29, 0.717) is 24.3 Å². The Hall–Kier alpha value is -1.72. The molecule has 0 saturated carbocycles. The molecule has 1 rings (SSSR count). The normalized spacial score (nSPS) is 11.4. The maximum absolute atomic E-state index is 12.2. The molecule has 2 N–H and O–H groups in total. The molecule has 1 aromatic rings. The minimum absolute atomic E-state index is 0.352. The van der Waals surface area contributed by atoms with Gasteiger partial charge in [-0.15, -0.1) is 0 Å². The number of para-hydroxylation sites is 2. The van der Waals surface area contributed by atoms with Crippen LogP contribution in [0.4, 0.5) is 24.5 Å². The number of carbonyl (C=O) groups excluding carboxylic acids is 1. The molecule has 106 valence electrons. The maximum Gasteiger partial charge on any atom is 0.389 e. The average Bonchev–Trinajstić information content (AvgIpc) is 2.33. The largest absolute Gasteiger partial charge is 0.397 e. The molecule has 1 aromatic carbocycles. The van der Waals surface area contributed by atoms with E-state index in [1.165, 1.54) is 4.90 Å². The third-order valence-electron chi connectivity index (χ3n) is 2.60. The standard InChI is InChI=1S/C13H17F3N2O/c1-2-9-18(11-6-4-3-5-10(11)17)12(19)7-8-13(14,15)16/h3-6H,2,7-9,17H2,1H3. The van der Waals surface area contributed by atoms with Gasteiger partial charge < -0.3 is 10.6 Å². The van der Waals surface area contributed by atoms with Crippen molar-refractivity contribution in [1.82, 2.24) is 0 Å². The van der Waals surface area contributed by atoms with E-state index in [1.54, 1.807) is 24.3 Å². The van der Waals surface area contributed by atoms with Crippen molar-refractivity contribution in [2.45, 2.75) is 32.4 Å². The second-order valence-electron chi connectivity index (χ2n) is 4.22. The van der Waals surface area contributed by atoms with Crippen molar-refractivity contribution in [3.8, 4) is 0 Å². The summed E-state index contributed by atoms with van der Waals surface area (Å²) in [5, 5.41) is 0. The molecule has 0 saturated heterocycles. The van der Waals surface area contributed by atoms with E-state index in [1.807, 2.05) is 6.92 Å². The molecule has 0 bridgehead atoms. The predicted molar refractivity (Wildman–Crippen MR) is 68.8 cm³/mol. The van der Waals surface area contributed by atoms with Crippen LogP contribution in [0.3, 0.4) is 0 Å². The summed E-state index contributed by atoms with van der Waals surface area (Å²) in [5.41, 5.74) is 6.61. The second kappa shape index (κ2) is 6.45. The molecule has 1 amide bonds. The number of rotatable bonds is 5. The highest BCUT2D eigenvalue weighted by molar-refractivity contribution is 5.96. The van der Waals surface area contributed by atoms with Crippen molar-refractivity contribution in [1.29, 1.82) is 0 Å². The summed E-state index contributed by atoms with van der Waals surface area (Å²) < 4.78 is 36.5. The number of benzene rings is 1. The van der Waals surface area contributed by atoms with Crippen LogP contribution in [-0.2, 0) is 4.79 Å². The van der Waals surface area contributed by atoms with Gasteiger partial charge in [-0.2, -0.15) is 13.2 Å². The fourth-order valence-electron chi connectivity index (χ4n) is 1.72. The van der Waals surface area contributed by atoms with Crippen LogP contribution in [0, 0.1) is 0 Å². The van der Waals surface area contributed by atoms with E-state index in [4.69, 9.17) is 5.73 Å². The topological polar surface area (TPSA) is 46.3 Å². The van der Waals surface area contributed by atoms with Crippen LogP contribution in [0.2, 0.25) is 0 Å². The molecule has 0 spiro atoms. The number of hydrogen-bond acceptors (Lipinski definition) is 2. The average molecular weight is 274 g/mol. The van der Waals surface area contributed by atoms with Gasteiger partial charge in [-0.3, -0.25) is 4.79 Å². The first-order valence-corrected chi connectivity index (χ1v) is 6.06. The van der Waals surface area contributed by atoms with Crippen molar-refractivity contribution < 1.29 is 18.0 Å². The fourth-order valence-corrected chi connectivity index (χ4v) is 1.72. The summed E-state index contributed by atoms with van der Waals surface area (Å²) >= 11 is 0. The van der Waals surface area contributed by atoms with Crippen molar-refractivity contribution >= 4 is 17.3 Å². The Balaban J connectivity index is 2.83. The fraction of sp³-hybridized carbons (Fsp3) is 0.462. The number of anilines is 2. The molecule has 0 aliphatic rings. The number of halogens is 3. The lowest BCUT2D eigenvalue weighted by molar-refractivity contribution is -0.143. The molecule has 0 heterocycles. The number of amides is 1. The molecule has 0 fully saturated rings. The van der Waals surface area contributed by atoms with E-state index in [0.717, 1.165) is 0 Å². The molecular weight excluding hydrogens is 257 g/mol. The second-order valence-corrected chi connectivity index (χ2v) is 4.22. The van der Waals surface area contributed by atoms with Gasteiger partial charge in [-0.05, 0) is 18.6 Å². The van der Waals surface area contributed by atoms with E-state index in [2.05, 4.69) is 0 Å². The van der Waals surface area contributed by atoms with Crippen LogP contribution in [0.5, 0.6) is 0 Å². The quantitative estimate of drug-likeness (QED) is 0.837. The Morgan fingerprint density at radius 3 is 2.47 bits per heavy atom. The van der Waals surface area contributed by atoms with Crippen molar-refractivity contribution in [2.24, 2.45) is 0 Å². The van der Waals surface area contributed by atoms with E-state index >= 15 is 0 Å². The zero-order valence-electron chi connectivity index (χ0n) is 10.7. The molecule has 6 heteroatoms. The number of nitrogens with two attached hydrogens (primary N) is 1. The Morgan fingerprint density at radius 1 is 1.32 bits per heavy atom. The summed E-state index contributed by atoms with van der Waals surface area (Å²) in [6.07, 6.45) is -5.35. The molecule has 19 heavy (non-hydrogen) atoms. The van der Waals surface area contributed by atoms with Gasteiger partial charge in [0.25, 0.3) is 0 Å². The van der Waals surface area contributed by atoms with Crippen molar-refractivity contribution in [3.63, 3.8) is 0 Å². The van der Waals surface area contributed by atoms with Gasteiger partial charge in [0.15, 0.2) is 0 Å². The highest BCUT2D eigenvalue weighted by Crippen LogP contribution is 2.26. The predicted octanol–water partition coefficient (Wildman–Crippen LogP) is 3.35. The molecule has 0 aromatic heterocycles. The van der Waals surface area contributed by atoms with Crippen LogP contribution in [0.15, 0.2) is 24.3 Å². The first kappa shape index (κ1) is 15.3. The first-order valence-electron chi connectivity index (χ1n) is 6.06. The van der Waals surface area contributed by atoms with Crippen LogP contribution in [0.25, 0.3) is 0 Å². The molecule has 0 radical (unpaired) electrons. The van der Waals surface area contributed by atoms with Gasteiger partial charge in [-0.1, -0.05) is 19.1 Å². The Labute approximate surface area is 110 Å². The minimum atomic E-state index is -4.32. The lowest BCUT2D eigenvalue weighted by Gasteiger charge is -2.24. The van der Waals surface area contributed by atoms with Gasteiger partial charge in [0, 0.05) is 13.0 Å². The zero-order valence-corrected chi connectivity index (χ0v) is 10.7. The Morgan fingerprint density at radius 2 is 1.95 bits per heavy atom. The smallest absolute Gasteiger partial charge is 0.389 e. The third-order valence-corrected chi connectivity index (χ3v) is 2.60. The Kier molecular flexibility index (Phi) is 5.20. The summed E-state index contributed by atoms with van der Waals surface area (Å²) in [5.74, 6) is -0.558. The van der Waals surface area contributed by atoms with E-state index in [-0.39, 0.29) is 0 Å². The zero-order chi connectivity index (χ0) is 14.5. The summed E-state index contributed by atoms with van der Waals surface area (Å²) in [6.45, 7) is 2.20. The summed E-state index contributed by atoms with van der Waals surface area (Å²) in [7, 11) is 0. The number of alkyl halides is 3. The van der Waals surface area contributed by atoms with Crippen LogP contribution >= 0.6 is 0 Å². The van der Waals surface area contributed by atoms with Crippen LogP contribution in [-0.4, -0.2) is 18.6 Å². The number of carbonyl (C=O) groups is 1. The van der Waals surface area contributed by atoms with Gasteiger partial charge in [0.05, 0.1) is 17.8 Å². The SMILES string of the molecule is CCCN(C(=O)CCC(F)(F)F)c1ccccc1N. The van der Waals surface area contributed by atoms with Crippen LogP contribution in [0.1, 0.15) is 26.2 Å². The minimum Gasteiger partial charge on any atom is -0.397 e. The van der Waals surface area contributed by atoms with Gasteiger partial charge in [0.1, 0.15) is 0 Å². The number of nitrogens with zero attached hydrogens (tertiary/aromatic N) is 1. The van der Waals surface area contributed by atoms with Gasteiger partial charge >= 0.3 is 6.18 Å². The number of nitrogen functional groups attached to an aromatic ring is 1. The molecule has 0 atom stereocenters. The van der Waals surface area contributed by atoms with Gasteiger partial charge in [-0.25, -0.2) is 0 Å². The van der Waals surface area contributed by atoms with Crippen LogP contribution < -0.4 is 10.6 Å². The van der Waals surface area contributed by atoms with Crippen molar-refractivity contribution in [3.05, 3.63) is 24.3 Å². The molecule has 0 aliphatic heterocycles. The highest BCUT2D eigenvalue weighted by Gasteiger charge is 2.29. The lowest BCUT2D eigenvalue weighted by Crippen LogP contribution is -2.33. The number of hydrogen-bond donors (Lipinski definition) is 1. The lowest BCUT2D eigenvalue weighted by atomic mass is 10.2. The third kappa shape index (κ3) is 4.81. The first-order chi connectivity index (χ1) is 8.85. The molecular formula is C13H17F3N2O. The highest BCUT2D eigenvalue weighted by atomic mass is 19.4. The van der Waals surface area contributed by atoms with E-state index < -0.39 is 24.9 Å². The summed E-state index contributed by atoms with van der Waals surface area (Å²) in [4.78, 5) is 13.2. The Bertz CT molecular complexity index is 432. The monoisotopic (exact) mass is 274 g/mol. The van der Waals surface area contributed by atoms with Crippen molar-refractivity contribution in [2.75, 3.05) is 17.2 Å². The maximum atomic E-state index is 12.2. The molecule has 0 unspecified atom stereocenters. The van der Waals surface area contributed by atoms with Gasteiger partial charge in [0.2, 0.25) is 5.91 Å².